The van der Waals surface area contributed by atoms with Crippen molar-refractivity contribution in [1.29, 1.82) is 0 Å². The molecule has 0 amide bonds. The Balaban J connectivity index is 2.69. The predicted octanol–water partition coefficient (Wildman–Crippen LogP) is 2.75. The van der Waals surface area contributed by atoms with Crippen molar-refractivity contribution in [3.05, 3.63) is 49.2 Å². The summed E-state index contributed by atoms with van der Waals surface area (Å²) in [5.74, 6) is 0.269. The molecule has 1 fully saturated rings. The van der Waals surface area contributed by atoms with E-state index in [-0.39, 0.29) is 5.88 Å². The minimum absolute atomic E-state index is 0.269. The topological polar surface area (TPSA) is 73.6 Å². The van der Waals surface area contributed by atoms with Crippen molar-refractivity contribution in [3.8, 4) is 0 Å². The quantitative estimate of drug-likeness (QED) is 0.438. The molecule has 0 spiro atoms. The number of hydrogen-bond acceptors (Lipinski definition) is 4. The van der Waals surface area contributed by atoms with Crippen molar-refractivity contribution in [2.45, 2.75) is 38.1 Å². The summed E-state index contributed by atoms with van der Waals surface area (Å²) in [6, 6.07) is 0.361. The van der Waals surface area contributed by atoms with Gasteiger partial charge in [0.1, 0.15) is 0 Å². The van der Waals surface area contributed by atoms with E-state index in [2.05, 4.69) is 18.2 Å². The molecule has 1 aliphatic carbocycles. The first-order chi connectivity index (χ1) is 9.13. The van der Waals surface area contributed by atoms with Gasteiger partial charge in [0.05, 0.1) is 18.0 Å². The van der Waals surface area contributed by atoms with Crippen LogP contribution in [0.25, 0.3) is 0 Å². The van der Waals surface area contributed by atoms with Gasteiger partial charge in [0, 0.05) is 5.70 Å². The normalized spacial score (nSPS) is 18.5. The second-order valence-corrected chi connectivity index (χ2v) is 4.54. The average molecular weight is 261 g/mol. The van der Waals surface area contributed by atoms with Gasteiger partial charge >= 0.3 is 0 Å². The summed E-state index contributed by atoms with van der Waals surface area (Å²) in [7, 11) is 0. The van der Waals surface area contributed by atoms with E-state index in [4.69, 9.17) is 16.2 Å². The third-order valence-corrected chi connectivity index (χ3v) is 2.96. The molecule has 0 radical (unpaired) electrons. The molecule has 0 aromatic carbocycles. The van der Waals surface area contributed by atoms with Gasteiger partial charge in [-0.25, -0.2) is 0 Å². The summed E-state index contributed by atoms with van der Waals surface area (Å²) in [6.07, 6.45) is 12.5. The molecule has 1 rings (SSSR count). The lowest BCUT2D eigenvalue weighted by atomic mass is 9.96. The maximum Gasteiger partial charge on any atom is 0.189 e. The molecule has 0 aliphatic heterocycles. The largest absolute Gasteiger partial charge is 0.450 e. The van der Waals surface area contributed by atoms with Crippen LogP contribution in [0.2, 0.25) is 0 Å². The highest BCUT2D eigenvalue weighted by atomic mass is 16.5. The fraction of sp³-hybridized carbons (Fsp3) is 0.400. The molecular formula is C15H23N3O. The molecule has 104 valence electrons. The van der Waals surface area contributed by atoms with Gasteiger partial charge in [-0.05, 0) is 25.0 Å². The molecule has 4 nitrogen and oxygen atoms in total. The number of ether oxygens (including phenoxy) is 1. The van der Waals surface area contributed by atoms with E-state index in [1.54, 1.807) is 18.2 Å². The van der Waals surface area contributed by atoms with Crippen LogP contribution in [0.4, 0.5) is 0 Å². The Morgan fingerprint density at radius 1 is 1.21 bits per heavy atom. The summed E-state index contributed by atoms with van der Waals surface area (Å²) in [5, 5.41) is 0. The van der Waals surface area contributed by atoms with E-state index < -0.39 is 0 Å². The zero-order chi connectivity index (χ0) is 14.1. The van der Waals surface area contributed by atoms with Crippen LogP contribution >= 0.6 is 0 Å². The van der Waals surface area contributed by atoms with E-state index in [1.807, 2.05) is 0 Å². The van der Waals surface area contributed by atoms with Crippen molar-refractivity contribution < 1.29 is 4.74 Å². The molecule has 4 heteroatoms. The highest BCUT2D eigenvalue weighted by Crippen LogP contribution is 2.20. The summed E-state index contributed by atoms with van der Waals surface area (Å²) in [6.45, 7) is 7.18. The second-order valence-electron chi connectivity index (χ2n) is 4.54. The van der Waals surface area contributed by atoms with E-state index in [1.165, 1.54) is 25.5 Å². The predicted molar refractivity (Wildman–Crippen MR) is 80.3 cm³/mol. The standard InChI is InChI=1S/C15H23N3O/c1-3-19-15(17)11-7-10-14(12(2)16)18-13-8-5-4-6-9-13/h3,7,10-11,13H,1-2,4-6,8-9,16-17H2/b10-7-,15-11+,18-14?. The number of hydrogen-bond donors (Lipinski definition) is 2. The molecule has 0 heterocycles. The zero-order valence-corrected chi connectivity index (χ0v) is 11.3. The molecule has 4 N–H and O–H groups in total. The maximum absolute atomic E-state index is 5.75. The molecule has 0 atom stereocenters. The van der Waals surface area contributed by atoms with Gasteiger partial charge in [0.15, 0.2) is 5.88 Å². The molecule has 0 unspecified atom stereocenters. The molecule has 1 saturated carbocycles. The highest BCUT2D eigenvalue weighted by molar-refractivity contribution is 6.07. The van der Waals surface area contributed by atoms with Crippen LogP contribution in [0.3, 0.4) is 0 Å². The van der Waals surface area contributed by atoms with Crippen LogP contribution in [-0.4, -0.2) is 11.8 Å². The van der Waals surface area contributed by atoms with E-state index in [0.29, 0.717) is 11.7 Å². The van der Waals surface area contributed by atoms with Crippen molar-refractivity contribution in [2.24, 2.45) is 16.5 Å². The Hall–Kier alpha value is -1.97. The Bertz CT molecular complexity index is 402. The van der Waals surface area contributed by atoms with Crippen molar-refractivity contribution in [2.75, 3.05) is 0 Å². The smallest absolute Gasteiger partial charge is 0.189 e. The number of nitrogens with zero attached hydrogens (tertiary/aromatic N) is 1. The van der Waals surface area contributed by atoms with Gasteiger partial charge in [-0.1, -0.05) is 38.5 Å². The summed E-state index contributed by atoms with van der Waals surface area (Å²) in [4.78, 5) is 4.65. The van der Waals surface area contributed by atoms with Crippen LogP contribution in [-0.2, 0) is 4.74 Å². The minimum atomic E-state index is 0.269. The first kappa shape index (κ1) is 15.1. The Kier molecular flexibility index (Phi) is 6.50. The first-order valence-corrected chi connectivity index (χ1v) is 6.57. The molecule has 0 saturated heterocycles. The maximum atomic E-state index is 5.75. The SMILES string of the molecule is C=CO/C(N)=C/C=C\C(=NC1CCCCC1)C(=C)N. The Morgan fingerprint density at radius 2 is 1.89 bits per heavy atom. The second kappa shape index (κ2) is 8.19. The fourth-order valence-electron chi connectivity index (χ4n) is 2.01. The fourth-order valence-corrected chi connectivity index (χ4v) is 2.01. The summed E-state index contributed by atoms with van der Waals surface area (Å²) in [5.41, 5.74) is 12.5. The molecule has 0 bridgehead atoms. The zero-order valence-electron chi connectivity index (χ0n) is 11.3. The average Bonchev–Trinajstić information content (AvgIpc) is 2.39. The Labute approximate surface area is 115 Å². The number of allylic oxidation sites excluding steroid dienone is 3. The number of rotatable bonds is 6. The highest BCUT2D eigenvalue weighted by Gasteiger charge is 2.12. The first-order valence-electron chi connectivity index (χ1n) is 6.57. The van der Waals surface area contributed by atoms with Gasteiger partial charge in [0.2, 0.25) is 0 Å². The lowest BCUT2D eigenvalue weighted by molar-refractivity contribution is 0.348. The van der Waals surface area contributed by atoms with E-state index >= 15 is 0 Å². The third-order valence-electron chi connectivity index (χ3n) is 2.96. The van der Waals surface area contributed by atoms with Crippen LogP contribution in [0, 0.1) is 0 Å². The third kappa shape index (κ3) is 5.95. The van der Waals surface area contributed by atoms with Gasteiger partial charge in [-0.3, -0.25) is 4.99 Å². The van der Waals surface area contributed by atoms with Crippen molar-refractivity contribution in [1.82, 2.24) is 0 Å². The molecule has 0 aromatic rings. The number of nitrogens with two attached hydrogens (primary N) is 2. The molecule has 1 aliphatic rings. The van der Waals surface area contributed by atoms with Gasteiger partial charge in [0.25, 0.3) is 0 Å². The van der Waals surface area contributed by atoms with E-state index in [9.17, 15) is 0 Å². The van der Waals surface area contributed by atoms with Gasteiger partial charge < -0.3 is 16.2 Å². The number of aliphatic imine (C=N–C) groups is 1. The monoisotopic (exact) mass is 261 g/mol. The van der Waals surface area contributed by atoms with Crippen LogP contribution < -0.4 is 11.5 Å². The van der Waals surface area contributed by atoms with E-state index in [0.717, 1.165) is 18.6 Å². The van der Waals surface area contributed by atoms with Gasteiger partial charge in [-0.2, -0.15) is 0 Å². The summed E-state index contributed by atoms with van der Waals surface area (Å²) >= 11 is 0. The Morgan fingerprint density at radius 3 is 2.47 bits per heavy atom. The van der Waals surface area contributed by atoms with Crippen LogP contribution in [0.5, 0.6) is 0 Å². The summed E-state index contributed by atoms with van der Waals surface area (Å²) < 4.78 is 4.89. The molecular weight excluding hydrogens is 238 g/mol. The minimum Gasteiger partial charge on any atom is -0.450 e. The van der Waals surface area contributed by atoms with Crippen molar-refractivity contribution in [3.63, 3.8) is 0 Å². The molecule has 19 heavy (non-hydrogen) atoms. The lowest BCUT2D eigenvalue weighted by Crippen LogP contribution is -2.15. The van der Waals surface area contributed by atoms with Crippen molar-refractivity contribution >= 4 is 5.71 Å². The van der Waals surface area contributed by atoms with Gasteiger partial charge in [-0.15, -0.1) is 0 Å². The lowest BCUT2D eigenvalue weighted by Gasteiger charge is -2.18. The molecule has 0 aromatic heterocycles. The van der Waals surface area contributed by atoms with Crippen LogP contribution in [0.1, 0.15) is 32.1 Å². The van der Waals surface area contributed by atoms with Crippen LogP contribution in [0.15, 0.2) is 54.2 Å².